The van der Waals surface area contributed by atoms with Gasteiger partial charge in [-0.15, -0.1) is 11.6 Å². The molecule has 20 heavy (non-hydrogen) atoms. The van der Waals surface area contributed by atoms with Gasteiger partial charge < -0.3 is 4.90 Å². The molecule has 1 fully saturated rings. The normalized spacial score (nSPS) is 16.1. The third kappa shape index (κ3) is 3.66. The number of pyridine rings is 1. The van der Waals surface area contributed by atoms with E-state index in [2.05, 4.69) is 44.7 Å². The van der Waals surface area contributed by atoms with Crippen LogP contribution in [0.25, 0.3) is 0 Å². The topological polar surface area (TPSA) is 16.1 Å². The predicted molar refractivity (Wildman–Crippen MR) is 87.7 cm³/mol. The van der Waals surface area contributed by atoms with Crippen LogP contribution in [0.15, 0.2) is 12.1 Å². The summed E-state index contributed by atoms with van der Waals surface area (Å²) in [6.07, 6.45) is 4.14. The molecule has 1 aliphatic rings. The minimum atomic E-state index is 0.0622. The molecule has 0 aromatic carbocycles. The molecule has 2 nitrogen and oxygen atoms in total. The zero-order chi connectivity index (χ0) is 14.8. The van der Waals surface area contributed by atoms with Gasteiger partial charge in [-0.25, -0.2) is 4.98 Å². The lowest BCUT2D eigenvalue weighted by molar-refractivity contribution is 0.318. The largest absolute Gasteiger partial charge is 0.357 e. The highest BCUT2D eigenvalue weighted by Gasteiger charge is 2.23. The van der Waals surface area contributed by atoms with Crippen molar-refractivity contribution in [3.8, 4) is 0 Å². The van der Waals surface area contributed by atoms with Crippen LogP contribution in [0.2, 0.25) is 0 Å². The minimum Gasteiger partial charge on any atom is -0.357 e. The molecule has 0 saturated heterocycles. The van der Waals surface area contributed by atoms with E-state index >= 15 is 0 Å². The van der Waals surface area contributed by atoms with Crippen LogP contribution >= 0.6 is 11.6 Å². The summed E-state index contributed by atoms with van der Waals surface area (Å²) in [5.41, 5.74) is 2.37. The Morgan fingerprint density at radius 1 is 1.30 bits per heavy atom. The van der Waals surface area contributed by atoms with Crippen molar-refractivity contribution in [1.29, 1.82) is 0 Å². The highest BCUT2D eigenvalue weighted by molar-refractivity contribution is 6.17. The summed E-state index contributed by atoms with van der Waals surface area (Å²) in [5, 5.41) is 0. The molecule has 1 aromatic heterocycles. The van der Waals surface area contributed by atoms with Crippen LogP contribution in [0.3, 0.4) is 0 Å². The molecule has 1 aliphatic carbocycles. The molecule has 2 rings (SSSR count). The number of hydrogen-bond donors (Lipinski definition) is 0. The standard InChI is InChI=1S/C17H27ClN2/c1-5-20(12-13-7-6-8-13)16-10-14(11-18)9-15(19-16)17(2,3)4/h9-10,13H,5-8,11-12H2,1-4H3. The summed E-state index contributed by atoms with van der Waals surface area (Å²) in [7, 11) is 0. The van der Waals surface area contributed by atoms with Crippen LogP contribution in [-0.4, -0.2) is 18.1 Å². The quantitative estimate of drug-likeness (QED) is 0.729. The Hall–Kier alpha value is -0.760. The molecule has 0 radical (unpaired) electrons. The minimum absolute atomic E-state index is 0.0622. The molecular weight excluding hydrogens is 268 g/mol. The van der Waals surface area contributed by atoms with E-state index in [1.165, 1.54) is 24.8 Å². The lowest BCUT2D eigenvalue weighted by atomic mass is 9.85. The highest BCUT2D eigenvalue weighted by Crippen LogP contribution is 2.30. The highest BCUT2D eigenvalue weighted by atomic mass is 35.5. The van der Waals surface area contributed by atoms with Crippen molar-refractivity contribution < 1.29 is 0 Å². The Kier molecular flexibility index (Phi) is 4.95. The van der Waals surface area contributed by atoms with Crippen molar-refractivity contribution in [2.75, 3.05) is 18.0 Å². The van der Waals surface area contributed by atoms with Crippen molar-refractivity contribution in [2.45, 2.75) is 58.3 Å². The average molecular weight is 295 g/mol. The molecule has 0 atom stereocenters. The zero-order valence-corrected chi connectivity index (χ0v) is 14.0. The van der Waals surface area contributed by atoms with Crippen LogP contribution < -0.4 is 4.90 Å². The van der Waals surface area contributed by atoms with Crippen molar-refractivity contribution in [3.05, 3.63) is 23.4 Å². The number of anilines is 1. The Bertz CT molecular complexity index is 447. The molecule has 3 heteroatoms. The summed E-state index contributed by atoms with van der Waals surface area (Å²) < 4.78 is 0. The first-order valence-corrected chi connectivity index (χ1v) is 8.30. The van der Waals surface area contributed by atoms with E-state index < -0.39 is 0 Å². The van der Waals surface area contributed by atoms with E-state index in [0.717, 1.165) is 30.5 Å². The second-order valence-corrected chi connectivity index (χ2v) is 7.21. The first-order chi connectivity index (χ1) is 9.44. The van der Waals surface area contributed by atoms with Gasteiger partial charge in [0.25, 0.3) is 0 Å². The first kappa shape index (κ1) is 15.6. The molecule has 0 bridgehead atoms. The third-order valence-corrected chi connectivity index (χ3v) is 4.51. The monoisotopic (exact) mass is 294 g/mol. The maximum Gasteiger partial charge on any atom is 0.129 e. The number of halogens is 1. The Labute approximate surface area is 128 Å². The Balaban J connectivity index is 2.27. The zero-order valence-electron chi connectivity index (χ0n) is 13.2. The second-order valence-electron chi connectivity index (χ2n) is 6.94. The predicted octanol–water partition coefficient (Wildman–Crippen LogP) is 4.74. The second kappa shape index (κ2) is 6.34. The van der Waals surface area contributed by atoms with Gasteiger partial charge in [0.1, 0.15) is 5.82 Å². The summed E-state index contributed by atoms with van der Waals surface area (Å²) in [6.45, 7) is 11.0. The molecule has 0 unspecified atom stereocenters. The molecule has 112 valence electrons. The number of nitrogens with zero attached hydrogens (tertiary/aromatic N) is 2. The number of alkyl halides is 1. The van der Waals surface area contributed by atoms with Crippen LogP contribution in [0.1, 0.15) is 58.2 Å². The van der Waals surface area contributed by atoms with Gasteiger partial charge in [0.05, 0.1) is 0 Å². The van der Waals surface area contributed by atoms with Crippen molar-refractivity contribution in [1.82, 2.24) is 4.98 Å². The number of rotatable bonds is 5. The SMILES string of the molecule is CCN(CC1CCC1)c1cc(CCl)cc(C(C)(C)C)n1. The van der Waals surface area contributed by atoms with E-state index in [9.17, 15) is 0 Å². The van der Waals surface area contributed by atoms with E-state index in [0.29, 0.717) is 5.88 Å². The fourth-order valence-corrected chi connectivity index (χ4v) is 2.72. The van der Waals surface area contributed by atoms with Crippen LogP contribution in [0.4, 0.5) is 5.82 Å². The lowest BCUT2D eigenvalue weighted by Crippen LogP contribution is -2.33. The van der Waals surface area contributed by atoms with E-state index in [1.54, 1.807) is 0 Å². The lowest BCUT2D eigenvalue weighted by Gasteiger charge is -2.33. The number of aromatic nitrogens is 1. The molecule has 0 amide bonds. The number of hydrogen-bond acceptors (Lipinski definition) is 2. The maximum absolute atomic E-state index is 6.07. The Morgan fingerprint density at radius 2 is 2.00 bits per heavy atom. The summed E-state index contributed by atoms with van der Waals surface area (Å²) >= 11 is 6.07. The van der Waals surface area contributed by atoms with Crippen molar-refractivity contribution in [3.63, 3.8) is 0 Å². The first-order valence-electron chi connectivity index (χ1n) is 7.76. The van der Waals surface area contributed by atoms with Gasteiger partial charge in [0, 0.05) is 30.1 Å². The van der Waals surface area contributed by atoms with Crippen LogP contribution in [0, 0.1) is 5.92 Å². The van der Waals surface area contributed by atoms with E-state index in [1.807, 2.05) is 0 Å². The third-order valence-electron chi connectivity index (χ3n) is 4.20. The fourth-order valence-electron chi connectivity index (χ4n) is 2.57. The molecule has 0 N–H and O–H groups in total. The fraction of sp³-hybridized carbons (Fsp3) is 0.706. The maximum atomic E-state index is 6.07. The van der Waals surface area contributed by atoms with E-state index in [-0.39, 0.29) is 5.41 Å². The van der Waals surface area contributed by atoms with Gasteiger partial charge in [-0.2, -0.15) is 0 Å². The molecule has 0 aliphatic heterocycles. The molecule has 1 aromatic rings. The van der Waals surface area contributed by atoms with Gasteiger partial charge in [0.15, 0.2) is 0 Å². The smallest absolute Gasteiger partial charge is 0.129 e. The molecule has 0 spiro atoms. The molecule has 1 saturated carbocycles. The Morgan fingerprint density at radius 3 is 2.45 bits per heavy atom. The van der Waals surface area contributed by atoms with Gasteiger partial charge in [-0.3, -0.25) is 0 Å². The van der Waals surface area contributed by atoms with Gasteiger partial charge in [-0.1, -0.05) is 27.2 Å². The van der Waals surface area contributed by atoms with Gasteiger partial charge in [-0.05, 0) is 43.4 Å². The van der Waals surface area contributed by atoms with Crippen molar-refractivity contribution >= 4 is 17.4 Å². The van der Waals surface area contributed by atoms with Gasteiger partial charge in [0.2, 0.25) is 0 Å². The van der Waals surface area contributed by atoms with E-state index in [4.69, 9.17) is 16.6 Å². The average Bonchev–Trinajstić information content (AvgIpc) is 2.36. The van der Waals surface area contributed by atoms with Gasteiger partial charge >= 0.3 is 0 Å². The summed E-state index contributed by atoms with van der Waals surface area (Å²) in [6, 6.07) is 4.30. The summed E-state index contributed by atoms with van der Waals surface area (Å²) in [5.74, 6) is 2.51. The molecule has 1 heterocycles. The molecular formula is C17H27ClN2. The van der Waals surface area contributed by atoms with Crippen molar-refractivity contribution in [2.24, 2.45) is 5.92 Å². The van der Waals surface area contributed by atoms with Crippen LogP contribution in [-0.2, 0) is 11.3 Å². The van der Waals surface area contributed by atoms with Crippen LogP contribution in [0.5, 0.6) is 0 Å². The summed E-state index contributed by atoms with van der Waals surface area (Å²) in [4.78, 5) is 7.31.